The van der Waals surface area contributed by atoms with Gasteiger partial charge in [0.15, 0.2) is 5.96 Å². The molecule has 0 fully saturated rings. The second-order valence-electron chi connectivity index (χ2n) is 5.36. The number of halogens is 3. The van der Waals surface area contributed by atoms with Crippen LogP contribution in [-0.4, -0.2) is 24.0 Å². The molecule has 138 valence electrons. The molecular weight excluding hydrogens is 457 g/mol. The fourth-order valence-corrected chi connectivity index (χ4v) is 2.99. The van der Waals surface area contributed by atoms with Crippen LogP contribution in [0, 0.1) is 25.5 Å². The SMILES string of the molecule is CCNC(=NCc1nc(C)c(C)s1)NCCc1ccc(F)cc1F.I. The lowest BCUT2D eigenvalue weighted by atomic mass is 10.1. The minimum Gasteiger partial charge on any atom is -0.357 e. The van der Waals surface area contributed by atoms with E-state index in [4.69, 9.17) is 0 Å². The zero-order valence-corrected chi connectivity index (χ0v) is 17.7. The van der Waals surface area contributed by atoms with Crippen LogP contribution >= 0.6 is 35.3 Å². The van der Waals surface area contributed by atoms with Crippen LogP contribution in [0.2, 0.25) is 0 Å². The second kappa shape index (κ2) is 10.6. The van der Waals surface area contributed by atoms with E-state index in [1.54, 1.807) is 11.3 Å². The Hall–Kier alpha value is -1.29. The monoisotopic (exact) mass is 480 g/mol. The number of hydrogen-bond acceptors (Lipinski definition) is 3. The van der Waals surface area contributed by atoms with Crippen molar-refractivity contribution in [1.29, 1.82) is 0 Å². The third kappa shape index (κ3) is 6.85. The molecule has 0 aliphatic heterocycles. The normalized spacial score (nSPS) is 11.2. The molecule has 0 aliphatic carbocycles. The lowest BCUT2D eigenvalue weighted by Crippen LogP contribution is -2.38. The highest BCUT2D eigenvalue weighted by Crippen LogP contribution is 2.17. The van der Waals surface area contributed by atoms with E-state index in [0.717, 1.165) is 23.3 Å². The Morgan fingerprint density at radius 2 is 2.00 bits per heavy atom. The van der Waals surface area contributed by atoms with Crippen LogP contribution in [0.3, 0.4) is 0 Å². The van der Waals surface area contributed by atoms with Gasteiger partial charge in [-0.1, -0.05) is 6.07 Å². The molecule has 0 unspecified atom stereocenters. The number of rotatable bonds is 6. The van der Waals surface area contributed by atoms with Gasteiger partial charge in [0.25, 0.3) is 0 Å². The summed E-state index contributed by atoms with van der Waals surface area (Å²) in [7, 11) is 0. The van der Waals surface area contributed by atoms with Crippen molar-refractivity contribution in [3.05, 3.63) is 51.0 Å². The average molecular weight is 480 g/mol. The van der Waals surface area contributed by atoms with Crippen molar-refractivity contribution in [2.45, 2.75) is 33.7 Å². The van der Waals surface area contributed by atoms with E-state index in [2.05, 4.69) is 20.6 Å². The predicted octanol–water partition coefficient (Wildman–Crippen LogP) is 3.95. The van der Waals surface area contributed by atoms with Gasteiger partial charge in [0.2, 0.25) is 0 Å². The first-order chi connectivity index (χ1) is 11.5. The molecule has 0 radical (unpaired) electrons. The molecule has 1 aromatic heterocycles. The van der Waals surface area contributed by atoms with Crippen LogP contribution in [0.1, 0.15) is 28.1 Å². The highest BCUT2D eigenvalue weighted by atomic mass is 127. The minimum absolute atomic E-state index is 0. The number of aliphatic imine (C=N–C) groups is 1. The smallest absolute Gasteiger partial charge is 0.191 e. The van der Waals surface area contributed by atoms with E-state index in [0.29, 0.717) is 31.0 Å². The Bertz CT molecular complexity index is 699. The Labute approximate surface area is 168 Å². The maximum atomic E-state index is 13.6. The van der Waals surface area contributed by atoms with Gasteiger partial charge in [-0.05, 0) is 38.8 Å². The number of aryl methyl sites for hydroxylation is 2. The molecule has 0 bridgehead atoms. The van der Waals surface area contributed by atoms with Gasteiger partial charge in [0.05, 0.1) is 12.2 Å². The summed E-state index contributed by atoms with van der Waals surface area (Å²) in [6.45, 7) is 7.74. The van der Waals surface area contributed by atoms with Crippen LogP contribution in [-0.2, 0) is 13.0 Å². The molecule has 2 N–H and O–H groups in total. The molecule has 0 spiro atoms. The summed E-state index contributed by atoms with van der Waals surface area (Å²) in [5.74, 6) is -0.425. The largest absolute Gasteiger partial charge is 0.357 e. The fraction of sp³-hybridized carbons (Fsp3) is 0.412. The summed E-state index contributed by atoms with van der Waals surface area (Å²) < 4.78 is 26.5. The number of nitrogens with one attached hydrogen (secondary N) is 2. The summed E-state index contributed by atoms with van der Waals surface area (Å²) in [6.07, 6.45) is 0.450. The summed E-state index contributed by atoms with van der Waals surface area (Å²) in [5.41, 5.74) is 1.51. The predicted molar refractivity (Wildman–Crippen MR) is 110 cm³/mol. The Balaban J connectivity index is 0.00000312. The van der Waals surface area contributed by atoms with Crippen molar-refractivity contribution in [2.75, 3.05) is 13.1 Å². The molecule has 0 saturated heterocycles. The third-order valence-corrected chi connectivity index (χ3v) is 4.55. The third-order valence-electron chi connectivity index (χ3n) is 3.49. The highest BCUT2D eigenvalue weighted by Gasteiger charge is 2.06. The topological polar surface area (TPSA) is 49.3 Å². The van der Waals surface area contributed by atoms with Gasteiger partial charge in [0.1, 0.15) is 16.6 Å². The summed E-state index contributed by atoms with van der Waals surface area (Å²) in [6, 6.07) is 3.64. The molecule has 4 nitrogen and oxygen atoms in total. The standard InChI is InChI=1S/C17H22F2N4S.HI/c1-4-20-17(22-10-16-23-11(2)12(3)24-16)21-8-7-13-5-6-14(18)9-15(13)19;/h5-6,9H,4,7-8,10H2,1-3H3,(H2,20,21,22);1H. The van der Waals surface area contributed by atoms with Crippen molar-refractivity contribution in [3.8, 4) is 0 Å². The van der Waals surface area contributed by atoms with E-state index in [1.165, 1.54) is 17.0 Å². The lowest BCUT2D eigenvalue weighted by Gasteiger charge is -2.11. The zero-order valence-electron chi connectivity index (χ0n) is 14.5. The number of benzene rings is 1. The zero-order chi connectivity index (χ0) is 17.5. The molecular formula is C17H23F2IN4S. The van der Waals surface area contributed by atoms with E-state index in [9.17, 15) is 8.78 Å². The number of hydrogen-bond donors (Lipinski definition) is 2. The van der Waals surface area contributed by atoms with Crippen LogP contribution in [0.5, 0.6) is 0 Å². The number of guanidine groups is 1. The van der Waals surface area contributed by atoms with E-state index < -0.39 is 11.6 Å². The molecule has 1 aromatic carbocycles. The molecule has 0 atom stereocenters. The van der Waals surface area contributed by atoms with E-state index in [-0.39, 0.29) is 24.0 Å². The molecule has 0 saturated carbocycles. The molecule has 8 heteroatoms. The Kier molecular flexibility index (Phi) is 9.26. The molecule has 2 rings (SSSR count). The van der Waals surface area contributed by atoms with Crippen molar-refractivity contribution in [2.24, 2.45) is 4.99 Å². The molecule has 0 amide bonds. The quantitative estimate of drug-likeness (QED) is 0.374. The van der Waals surface area contributed by atoms with Gasteiger partial charge in [-0.15, -0.1) is 35.3 Å². The molecule has 2 aromatic rings. The molecule has 25 heavy (non-hydrogen) atoms. The summed E-state index contributed by atoms with van der Waals surface area (Å²) in [4.78, 5) is 10.2. The van der Waals surface area contributed by atoms with Crippen LogP contribution in [0.15, 0.2) is 23.2 Å². The number of aromatic nitrogens is 1. The first-order valence-corrected chi connectivity index (χ1v) is 8.70. The van der Waals surface area contributed by atoms with Gasteiger partial charge >= 0.3 is 0 Å². The number of nitrogens with zero attached hydrogens (tertiary/aromatic N) is 2. The van der Waals surface area contributed by atoms with E-state index >= 15 is 0 Å². The van der Waals surface area contributed by atoms with E-state index in [1.807, 2.05) is 20.8 Å². The maximum absolute atomic E-state index is 13.6. The van der Waals surface area contributed by atoms with Crippen molar-refractivity contribution in [1.82, 2.24) is 15.6 Å². The maximum Gasteiger partial charge on any atom is 0.191 e. The summed E-state index contributed by atoms with van der Waals surface area (Å²) >= 11 is 1.64. The fourth-order valence-electron chi connectivity index (χ4n) is 2.14. The van der Waals surface area contributed by atoms with Gasteiger partial charge in [-0.2, -0.15) is 0 Å². The lowest BCUT2D eigenvalue weighted by molar-refractivity contribution is 0.570. The van der Waals surface area contributed by atoms with Gasteiger partial charge in [-0.3, -0.25) is 0 Å². The average Bonchev–Trinajstić information content (AvgIpc) is 2.85. The second-order valence-corrected chi connectivity index (χ2v) is 6.64. The summed E-state index contributed by atoms with van der Waals surface area (Å²) in [5, 5.41) is 7.27. The van der Waals surface area contributed by atoms with Gasteiger partial charge in [-0.25, -0.2) is 18.8 Å². The number of thiazole rings is 1. The first-order valence-electron chi connectivity index (χ1n) is 7.88. The van der Waals surface area contributed by atoms with Crippen LogP contribution < -0.4 is 10.6 Å². The van der Waals surface area contributed by atoms with Crippen molar-refractivity contribution in [3.63, 3.8) is 0 Å². The van der Waals surface area contributed by atoms with Crippen LogP contribution in [0.4, 0.5) is 8.78 Å². The highest BCUT2D eigenvalue weighted by molar-refractivity contribution is 14.0. The Morgan fingerprint density at radius 3 is 2.60 bits per heavy atom. The van der Waals surface area contributed by atoms with Crippen molar-refractivity contribution >= 4 is 41.3 Å². The van der Waals surface area contributed by atoms with Crippen molar-refractivity contribution < 1.29 is 8.78 Å². The van der Waals surface area contributed by atoms with Gasteiger partial charge in [0, 0.05) is 24.0 Å². The van der Waals surface area contributed by atoms with Gasteiger partial charge < -0.3 is 10.6 Å². The van der Waals surface area contributed by atoms with Crippen LogP contribution in [0.25, 0.3) is 0 Å². The molecule has 1 heterocycles. The Morgan fingerprint density at radius 1 is 1.24 bits per heavy atom. The first kappa shape index (κ1) is 21.8. The molecule has 0 aliphatic rings. The minimum atomic E-state index is -0.562.